The van der Waals surface area contributed by atoms with Crippen molar-refractivity contribution in [3.05, 3.63) is 58.7 Å². The Labute approximate surface area is 188 Å². The number of carbonyl (C=O) groups excluding carboxylic acids is 2. The molecule has 0 aliphatic heterocycles. The number of hydrogen-bond acceptors (Lipinski definition) is 6. The van der Waals surface area contributed by atoms with Gasteiger partial charge in [0.2, 0.25) is 0 Å². The molecule has 0 aromatic heterocycles. The van der Waals surface area contributed by atoms with Crippen LogP contribution in [0.1, 0.15) is 36.5 Å². The lowest BCUT2D eigenvalue weighted by molar-refractivity contribution is -0.136. The number of ether oxygens (including phenoxy) is 3. The molecule has 0 aliphatic rings. The standard InChI is InChI=1S/C25H28N2O5/c1-5-6-12-27-25(29)20(15-26)13-19-10-11-21(22(14-19)30-4)32-23(28)16-31-24-17(2)8-7-9-18(24)3/h7-11,13-14H,5-6,12,16H2,1-4H3,(H,27,29)/b20-13+. The summed E-state index contributed by atoms with van der Waals surface area (Å²) in [5.74, 6) is 0.146. The van der Waals surface area contributed by atoms with E-state index in [1.165, 1.54) is 13.2 Å². The fourth-order valence-electron chi connectivity index (χ4n) is 2.96. The molecule has 0 saturated heterocycles. The molecule has 1 amide bonds. The van der Waals surface area contributed by atoms with E-state index in [0.29, 0.717) is 23.6 Å². The summed E-state index contributed by atoms with van der Waals surface area (Å²) in [7, 11) is 1.44. The van der Waals surface area contributed by atoms with E-state index in [4.69, 9.17) is 14.2 Å². The Hall–Kier alpha value is -3.79. The minimum absolute atomic E-state index is 0.0186. The highest BCUT2D eigenvalue weighted by Gasteiger charge is 2.14. The number of nitriles is 1. The number of unbranched alkanes of at least 4 members (excludes halogenated alkanes) is 1. The summed E-state index contributed by atoms with van der Waals surface area (Å²) in [6.45, 7) is 6.08. The number of esters is 1. The molecular formula is C25H28N2O5. The zero-order valence-electron chi connectivity index (χ0n) is 18.9. The highest BCUT2D eigenvalue weighted by atomic mass is 16.6. The first-order chi connectivity index (χ1) is 15.4. The molecule has 0 unspecified atom stereocenters. The monoisotopic (exact) mass is 436 g/mol. The molecular weight excluding hydrogens is 408 g/mol. The third-order valence-corrected chi connectivity index (χ3v) is 4.65. The molecule has 2 rings (SSSR count). The van der Waals surface area contributed by atoms with E-state index in [2.05, 4.69) is 5.32 Å². The second kappa shape index (κ2) is 12.2. The first-order valence-electron chi connectivity index (χ1n) is 10.4. The van der Waals surface area contributed by atoms with Crippen LogP contribution >= 0.6 is 0 Å². The highest BCUT2D eigenvalue weighted by Crippen LogP contribution is 2.29. The average Bonchev–Trinajstić information content (AvgIpc) is 2.78. The first-order valence-corrected chi connectivity index (χ1v) is 10.4. The quantitative estimate of drug-likeness (QED) is 0.198. The number of benzene rings is 2. The topological polar surface area (TPSA) is 97.7 Å². The maximum Gasteiger partial charge on any atom is 0.349 e. The van der Waals surface area contributed by atoms with Gasteiger partial charge in [0.25, 0.3) is 5.91 Å². The van der Waals surface area contributed by atoms with Crippen LogP contribution in [-0.2, 0) is 9.59 Å². The van der Waals surface area contributed by atoms with E-state index >= 15 is 0 Å². The maximum absolute atomic E-state index is 12.3. The lowest BCUT2D eigenvalue weighted by Crippen LogP contribution is -2.25. The molecule has 0 saturated carbocycles. The van der Waals surface area contributed by atoms with Crippen LogP contribution in [0.5, 0.6) is 17.2 Å². The SMILES string of the molecule is CCCCNC(=O)/C(C#N)=C/c1ccc(OC(=O)COc2c(C)cccc2C)c(OC)c1. The van der Waals surface area contributed by atoms with Crippen LogP contribution in [0.3, 0.4) is 0 Å². The molecule has 2 aromatic rings. The maximum atomic E-state index is 12.3. The summed E-state index contributed by atoms with van der Waals surface area (Å²) in [6.07, 6.45) is 3.24. The molecule has 32 heavy (non-hydrogen) atoms. The second-order valence-electron chi connectivity index (χ2n) is 7.17. The van der Waals surface area contributed by atoms with Crippen molar-refractivity contribution in [2.75, 3.05) is 20.3 Å². The largest absolute Gasteiger partial charge is 0.493 e. The fraction of sp³-hybridized carbons (Fsp3) is 0.320. The van der Waals surface area contributed by atoms with Gasteiger partial charge in [0, 0.05) is 6.54 Å². The van der Waals surface area contributed by atoms with Crippen molar-refractivity contribution < 1.29 is 23.8 Å². The number of amides is 1. The number of hydrogen-bond donors (Lipinski definition) is 1. The summed E-state index contributed by atoms with van der Waals surface area (Å²) in [6, 6.07) is 12.4. The van der Waals surface area contributed by atoms with Crippen molar-refractivity contribution in [3.63, 3.8) is 0 Å². The van der Waals surface area contributed by atoms with Crippen molar-refractivity contribution in [1.82, 2.24) is 5.32 Å². The summed E-state index contributed by atoms with van der Waals surface area (Å²) in [4.78, 5) is 24.4. The summed E-state index contributed by atoms with van der Waals surface area (Å²) < 4.78 is 16.3. The van der Waals surface area contributed by atoms with Crippen molar-refractivity contribution in [1.29, 1.82) is 5.26 Å². The average molecular weight is 437 g/mol. The Kier molecular flexibility index (Phi) is 9.30. The van der Waals surface area contributed by atoms with Gasteiger partial charge in [0.1, 0.15) is 17.4 Å². The van der Waals surface area contributed by atoms with Gasteiger partial charge in [-0.3, -0.25) is 4.79 Å². The van der Waals surface area contributed by atoms with Crippen LogP contribution in [0.25, 0.3) is 6.08 Å². The predicted octanol–water partition coefficient (Wildman–Crippen LogP) is 4.12. The van der Waals surface area contributed by atoms with E-state index in [1.54, 1.807) is 18.2 Å². The Balaban J connectivity index is 2.08. The van der Waals surface area contributed by atoms with E-state index < -0.39 is 11.9 Å². The van der Waals surface area contributed by atoms with Gasteiger partial charge in [-0.1, -0.05) is 37.6 Å². The predicted molar refractivity (Wildman–Crippen MR) is 122 cm³/mol. The Morgan fingerprint density at radius 3 is 2.47 bits per heavy atom. The molecule has 0 heterocycles. The number of methoxy groups -OCH3 is 1. The van der Waals surface area contributed by atoms with Crippen LogP contribution in [0.4, 0.5) is 0 Å². The molecule has 1 N–H and O–H groups in total. The fourth-order valence-corrected chi connectivity index (χ4v) is 2.96. The van der Waals surface area contributed by atoms with Crippen LogP contribution in [0, 0.1) is 25.2 Å². The first kappa shape index (κ1) is 24.5. The molecule has 0 atom stereocenters. The summed E-state index contributed by atoms with van der Waals surface area (Å²) in [5.41, 5.74) is 2.41. The lowest BCUT2D eigenvalue weighted by Gasteiger charge is -2.13. The van der Waals surface area contributed by atoms with Gasteiger partial charge in [-0.05, 0) is 55.2 Å². The number of rotatable bonds is 10. The van der Waals surface area contributed by atoms with E-state index in [-0.39, 0.29) is 17.9 Å². The number of nitrogens with one attached hydrogen (secondary N) is 1. The molecule has 0 bridgehead atoms. The minimum atomic E-state index is -0.581. The summed E-state index contributed by atoms with van der Waals surface area (Å²) in [5, 5.41) is 12.0. The van der Waals surface area contributed by atoms with Gasteiger partial charge in [-0.25, -0.2) is 4.79 Å². The zero-order valence-corrected chi connectivity index (χ0v) is 18.9. The molecule has 0 spiro atoms. The van der Waals surface area contributed by atoms with Crippen LogP contribution in [0.15, 0.2) is 42.0 Å². The molecule has 0 radical (unpaired) electrons. The second-order valence-corrected chi connectivity index (χ2v) is 7.17. The van der Waals surface area contributed by atoms with E-state index in [9.17, 15) is 14.9 Å². The minimum Gasteiger partial charge on any atom is -0.493 e. The third kappa shape index (κ3) is 6.88. The highest BCUT2D eigenvalue weighted by molar-refractivity contribution is 6.01. The lowest BCUT2D eigenvalue weighted by atomic mass is 10.1. The molecule has 2 aromatic carbocycles. The Morgan fingerprint density at radius 2 is 1.84 bits per heavy atom. The smallest absolute Gasteiger partial charge is 0.349 e. The van der Waals surface area contributed by atoms with Crippen LogP contribution < -0.4 is 19.5 Å². The molecule has 7 nitrogen and oxygen atoms in total. The number of carbonyl (C=O) groups is 2. The van der Waals surface area contributed by atoms with E-state index in [1.807, 2.05) is 45.0 Å². The van der Waals surface area contributed by atoms with Crippen LogP contribution in [-0.4, -0.2) is 32.1 Å². The number of nitrogens with zero attached hydrogens (tertiary/aromatic N) is 1. The van der Waals surface area contributed by atoms with Crippen molar-refractivity contribution in [2.24, 2.45) is 0 Å². The number of para-hydroxylation sites is 1. The van der Waals surface area contributed by atoms with Crippen molar-refractivity contribution in [2.45, 2.75) is 33.6 Å². The number of aryl methyl sites for hydroxylation is 2. The molecule has 0 fully saturated rings. The third-order valence-electron chi connectivity index (χ3n) is 4.65. The van der Waals surface area contributed by atoms with Gasteiger partial charge >= 0.3 is 5.97 Å². The molecule has 0 aliphatic carbocycles. The van der Waals surface area contributed by atoms with Gasteiger partial charge in [0.05, 0.1) is 7.11 Å². The molecule has 7 heteroatoms. The van der Waals surface area contributed by atoms with Crippen molar-refractivity contribution >= 4 is 18.0 Å². The van der Waals surface area contributed by atoms with Crippen molar-refractivity contribution in [3.8, 4) is 23.3 Å². The van der Waals surface area contributed by atoms with Gasteiger partial charge in [0.15, 0.2) is 18.1 Å². The van der Waals surface area contributed by atoms with Crippen LogP contribution in [0.2, 0.25) is 0 Å². The molecule has 168 valence electrons. The van der Waals surface area contributed by atoms with E-state index in [0.717, 1.165) is 24.0 Å². The Morgan fingerprint density at radius 1 is 1.12 bits per heavy atom. The normalized spacial score (nSPS) is 10.8. The van der Waals surface area contributed by atoms with Gasteiger partial charge in [-0.15, -0.1) is 0 Å². The Bertz CT molecular complexity index is 1020. The zero-order chi connectivity index (χ0) is 23.5. The van der Waals surface area contributed by atoms with Gasteiger partial charge in [-0.2, -0.15) is 5.26 Å². The van der Waals surface area contributed by atoms with Gasteiger partial charge < -0.3 is 19.5 Å². The summed E-state index contributed by atoms with van der Waals surface area (Å²) >= 11 is 0.